The van der Waals surface area contributed by atoms with E-state index in [1.54, 1.807) is 6.07 Å². The second-order valence-electron chi connectivity index (χ2n) is 2.38. The Morgan fingerprint density at radius 3 is 2.45 bits per heavy atom. The fourth-order valence-electron chi connectivity index (χ4n) is 0.992. The Balaban J connectivity index is 0.000001000. The topological polar surface area (TPSA) is 51.7 Å². The number of hydrogen-bond donors (Lipinski definition) is 1. The normalized spacial score (nSPS) is 8.82. The van der Waals surface area contributed by atoms with E-state index in [1.165, 1.54) is 0 Å². The van der Waals surface area contributed by atoms with Crippen LogP contribution >= 0.6 is 0 Å². The highest BCUT2D eigenvalue weighted by Crippen LogP contribution is 2.16. The molecule has 0 bridgehead atoms. The number of para-hydroxylation sites is 1. The average molecular weight is 154 g/mol. The van der Waals surface area contributed by atoms with Crippen molar-refractivity contribution >= 4 is 0 Å². The van der Waals surface area contributed by atoms with E-state index in [4.69, 9.17) is 0 Å². The van der Waals surface area contributed by atoms with Crippen LogP contribution in [0.1, 0.15) is 18.9 Å². The third kappa shape index (κ3) is 2.60. The number of phenolic OH excluding ortho intramolecular Hbond substituents is 1. The lowest BCUT2D eigenvalue weighted by molar-refractivity contribution is 0.467. The number of rotatable bonds is 2. The van der Waals surface area contributed by atoms with Gasteiger partial charge >= 0.3 is 0 Å². The average Bonchev–Trinajstić information content (AvgIpc) is 1.94. The molecular formula is C9H14O2. The monoisotopic (exact) mass is 154 g/mol. The van der Waals surface area contributed by atoms with E-state index in [1.807, 2.05) is 18.2 Å². The van der Waals surface area contributed by atoms with Gasteiger partial charge in [0, 0.05) is 0 Å². The zero-order valence-corrected chi connectivity index (χ0v) is 6.67. The van der Waals surface area contributed by atoms with E-state index < -0.39 is 0 Å². The van der Waals surface area contributed by atoms with Crippen molar-refractivity contribution in [2.75, 3.05) is 0 Å². The summed E-state index contributed by atoms with van der Waals surface area (Å²) in [6, 6.07) is 7.48. The summed E-state index contributed by atoms with van der Waals surface area (Å²) in [7, 11) is 0. The maximum Gasteiger partial charge on any atom is 0.118 e. The second kappa shape index (κ2) is 4.74. The van der Waals surface area contributed by atoms with Gasteiger partial charge < -0.3 is 10.6 Å². The molecule has 0 saturated heterocycles. The first-order valence-corrected chi connectivity index (χ1v) is 3.61. The minimum Gasteiger partial charge on any atom is -0.508 e. The Morgan fingerprint density at radius 1 is 1.27 bits per heavy atom. The summed E-state index contributed by atoms with van der Waals surface area (Å²) in [4.78, 5) is 0. The molecule has 0 unspecified atom stereocenters. The molecule has 62 valence electrons. The van der Waals surface area contributed by atoms with Crippen LogP contribution in [0.5, 0.6) is 5.75 Å². The molecule has 1 aromatic carbocycles. The number of aryl methyl sites for hydroxylation is 1. The molecule has 0 saturated carbocycles. The molecule has 0 aliphatic heterocycles. The predicted molar refractivity (Wildman–Crippen MR) is 45.7 cm³/mol. The molecule has 2 heteroatoms. The van der Waals surface area contributed by atoms with Gasteiger partial charge in [0.05, 0.1) is 0 Å². The zero-order chi connectivity index (χ0) is 7.40. The van der Waals surface area contributed by atoms with E-state index in [0.29, 0.717) is 5.75 Å². The van der Waals surface area contributed by atoms with Crippen molar-refractivity contribution < 1.29 is 10.6 Å². The molecule has 0 fully saturated rings. The first-order valence-electron chi connectivity index (χ1n) is 3.61. The highest BCUT2D eigenvalue weighted by molar-refractivity contribution is 5.31. The van der Waals surface area contributed by atoms with Crippen LogP contribution in [0.25, 0.3) is 0 Å². The fraction of sp³-hybridized carbons (Fsp3) is 0.333. The largest absolute Gasteiger partial charge is 0.508 e. The molecule has 0 atom stereocenters. The van der Waals surface area contributed by atoms with Gasteiger partial charge in [-0.2, -0.15) is 0 Å². The summed E-state index contributed by atoms with van der Waals surface area (Å²) < 4.78 is 0. The second-order valence-corrected chi connectivity index (χ2v) is 2.38. The molecule has 1 rings (SSSR count). The molecular weight excluding hydrogens is 140 g/mol. The molecule has 0 heterocycles. The molecule has 1 aromatic rings. The first kappa shape index (κ1) is 9.98. The Hall–Kier alpha value is -1.02. The molecule has 0 spiro atoms. The summed E-state index contributed by atoms with van der Waals surface area (Å²) >= 11 is 0. The molecule has 0 aliphatic carbocycles. The van der Waals surface area contributed by atoms with Crippen LogP contribution in [0.2, 0.25) is 0 Å². The van der Waals surface area contributed by atoms with Crippen molar-refractivity contribution in [1.29, 1.82) is 0 Å². The predicted octanol–water partition coefficient (Wildman–Crippen LogP) is 1.52. The maximum absolute atomic E-state index is 9.24. The van der Waals surface area contributed by atoms with Crippen LogP contribution in [0.4, 0.5) is 0 Å². The molecule has 0 aliphatic rings. The molecule has 0 radical (unpaired) electrons. The van der Waals surface area contributed by atoms with E-state index in [0.717, 1.165) is 18.4 Å². The van der Waals surface area contributed by atoms with Crippen molar-refractivity contribution in [3.05, 3.63) is 29.8 Å². The van der Waals surface area contributed by atoms with Gasteiger partial charge in [-0.05, 0) is 18.1 Å². The van der Waals surface area contributed by atoms with Gasteiger partial charge in [0.15, 0.2) is 0 Å². The lowest BCUT2D eigenvalue weighted by Gasteiger charge is -1.99. The number of aromatic hydroxyl groups is 1. The van der Waals surface area contributed by atoms with Gasteiger partial charge in [-0.3, -0.25) is 0 Å². The van der Waals surface area contributed by atoms with Crippen molar-refractivity contribution in [1.82, 2.24) is 0 Å². The SMILES string of the molecule is CCCc1ccccc1O.O. The molecule has 0 amide bonds. The maximum atomic E-state index is 9.24. The Morgan fingerprint density at radius 2 is 1.91 bits per heavy atom. The number of hydrogen-bond acceptors (Lipinski definition) is 1. The summed E-state index contributed by atoms with van der Waals surface area (Å²) in [6.45, 7) is 2.10. The Bertz CT molecular complexity index is 208. The van der Waals surface area contributed by atoms with Gasteiger partial charge in [0.25, 0.3) is 0 Å². The summed E-state index contributed by atoms with van der Waals surface area (Å²) in [5.74, 6) is 0.421. The smallest absolute Gasteiger partial charge is 0.118 e. The zero-order valence-electron chi connectivity index (χ0n) is 6.67. The molecule has 3 N–H and O–H groups in total. The molecule has 0 aromatic heterocycles. The fourth-order valence-corrected chi connectivity index (χ4v) is 0.992. The number of benzene rings is 1. The van der Waals surface area contributed by atoms with Crippen molar-refractivity contribution in [3.63, 3.8) is 0 Å². The molecule has 2 nitrogen and oxygen atoms in total. The van der Waals surface area contributed by atoms with E-state index in [2.05, 4.69) is 6.92 Å². The van der Waals surface area contributed by atoms with Gasteiger partial charge in [0.2, 0.25) is 0 Å². The minimum absolute atomic E-state index is 0. The third-order valence-corrected chi connectivity index (χ3v) is 1.51. The summed E-state index contributed by atoms with van der Waals surface area (Å²) in [6.07, 6.45) is 2.05. The highest BCUT2D eigenvalue weighted by atomic mass is 16.3. The molecule has 11 heavy (non-hydrogen) atoms. The van der Waals surface area contributed by atoms with Crippen LogP contribution in [0.15, 0.2) is 24.3 Å². The third-order valence-electron chi connectivity index (χ3n) is 1.51. The van der Waals surface area contributed by atoms with Crippen LogP contribution in [0, 0.1) is 0 Å². The van der Waals surface area contributed by atoms with Gasteiger partial charge in [-0.25, -0.2) is 0 Å². The van der Waals surface area contributed by atoms with E-state index in [-0.39, 0.29) is 5.48 Å². The van der Waals surface area contributed by atoms with E-state index in [9.17, 15) is 5.11 Å². The van der Waals surface area contributed by atoms with Gasteiger partial charge in [-0.1, -0.05) is 31.5 Å². The van der Waals surface area contributed by atoms with Crippen LogP contribution in [-0.2, 0) is 6.42 Å². The van der Waals surface area contributed by atoms with Gasteiger partial charge in [0.1, 0.15) is 5.75 Å². The highest BCUT2D eigenvalue weighted by Gasteiger charge is 1.95. The standard InChI is InChI=1S/C9H12O.H2O/c1-2-5-8-6-3-4-7-9(8)10;/h3-4,6-7,10H,2,5H2,1H3;1H2. The van der Waals surface area contributed by atoms with Crippen LogP contribution < -0.4 is 0 Å². The van der Waals surface area contributed by atoms with Crippen LogP contribution in [-0.4, -0.2) is 10.6 Å². The van der Waals surface area contributed by atoms with E-state index >= 15 is 0 Å². The Labute approximate surface area is 66.8 Å². The Kier molecular flexibility index (Phi) is 4.30. The summed E-state index contributed by atoms with van der Waals surface area (Å²) in [5, 5.41) is 9.24. The first-order chi connectivity index (χ1) is 4.84. The number of phenols is 1. The summed E-state index contributed by atoms with van der Waals surface area (Å²) in [5.41, 5.74) is 1.05. The quantitative estimate of drug-likeness (QED) is 0.689. The lowest BCUT2D eigenvalue weighted by Crippen LogP contribution is -1.81. The van der Waals surface area contributed by atoms with Gasteiger partial charge in [-0.15, -0.1) is 0 Å². The van der Waals surface area contributed by atoms with Crippen molar-refractivity contribution in [2.45, 2.75) is 19.8 Å². The minimum atomic E-state index is 0. The van der Waals surface area contributed by atoms with Crippen LogP contribution in [0.3, 0.4) is 0 Å². The van der Waals surface area contributed by atoms with Crippen molar-refractivity contribution in [2.24, 2.45) is 0 Å². The van der Waals surface area contributed by atoms with Crippen molar-refractivity contribution in [3.8, 4) is 5.75 Å². The lowest BCUT2D eigenvalue weighted by atomic mass is 10.1.